The summed E-state index contributed by atoms with van der Waals surface area (Å²) in [6, 6.07) is 10.7. The Balaban J connectivity index is 1.61. The van der Waals surface area contributed by atoms with Crippen LogP contribution in [0.5, 0.6) is 0 Å². The summed E-state index contributed by atoms with van der Waals surface area (Å²) in [6.45, 7) is 6.29. The van der Waals surface area contributed by atoms with E-state index in [0.717, 1.165) is 69.4 Å². The molecule has 2 heterocycles. The molecule has 6 heteroatoms. The Morgan fingerprint density at radius 2 is 2.00 bits per heavy atom. The van der Waals surface area contributed by atoms with Crippen molar-refractivity contribution in [2.24, 2.45) is 5.92 Å². The van der Waals surface area contributed by atoms with Gasteiger partial charge in [0.05, 0.1) is 20.3 Å². The summed E-state index contributed by atoms with van der Waals surface area (Å²) in [5.41, 5.74) is 1.12. The number of nitrogens with zero attached hydrogens (tertiary/aromatic N) is 2. The molecule has 0 aromatic heterocycles. The lowest BCUT2D eigenvalue weighted by Crippen LogP contribution is -2.54. The number of carbonyl (C=O) groups is 1. The van der Waals surface area contributed by atoms with Crippen LogP contribution in [-0.4, -0.2) is 74.9 Å². The molecule has 1 aromatic rings. The Morgan fingerprint density at radius 3 is 2.71 bits per heavy atom. The zero-order valence-electron chi connectivity index (χ0n) is 16.7. The monoisotopic (exact) mass is 406 g/mol. The van der Waals surface area contributed by atoms with Crippen LogP contribution < -0.4 is 0 Å². The molecule has 2 fully saturated rings. The zero-order chi connectivity index (χ0) is 19.8. The van der Waals surface area contributed by atoms with Crippen molar-refractivity contribution in [1.29, 1.82) is 0 Å². The van der Waals surface area contributed by atoms with Gasteiger partial charge in [0, 0.05) is 50.2 Å². The molecule has 0 unspecified atom stereocenters. The number of rotatable bonds is 7. The average molecular weight is 407 g/mol. The first-order valence-electron chi connectivity index (χ1n) is 10.2. The summed E-state index contributed by atoms with van der Waals surface area (Å²) in [6.07, 6.45) is 4.47. The first-order valence-corrected chi connectivity index (χ1v) is 10.6. The quantitative estimate of drug-likeness (QED) is 0.650. The molecule has 0 bridgehead atoms. The highest BCUT2D eigenvalue weighted by Crippen LogP contribution is 2.28. The maximum atomic E-state index is 11.7. The molecule has 1 aromatic carbocycles. The number of morpholine rings is 1. The number of hydrogen-bond acceptors (Lipinski definition) is 5. The Kier molecular flexibility index (Phi) is 8.34. The van der Waals surface area contributed by atoms with Crippen molar-refractivity contribution in [3.8, 4) is 0 Å². The second-order valence-electron chi connectivity index (χ2n) is 7.62. The number of carbonyl (C=O) groups excluding carboxylic acids is 1. The highest BCUT2D eigenvalue weighted by atomic mass is 35.5. The maximum Gasteiger partial charge on any atom is 0.305 e. The van der Waals surface area contributed by atoms with Crippen molar-refractivity contribution >= 4 is 23.6 Å². The standard InChI is InChI=1S/C22H31ClN2O3/c1-27-22(26)8-7-19-16-24(10-9-21(19)25-11-13-28-14-12-25)17-20(23)15-18-5-3-2-4-6-18/h2-6,15,19,21H,7-14,16-17H2,1H3/b20-15-/t19-,21+/m0/s1. The first kappa shape index (κ1) is 21.3. The Bertz CT molecular complexity index is 646. The molecule has 0 saturated carbocycles. The number of ether oxygens (including phenoxy) is 2. The third kappa shape index (κ3) is 6.31. The third-order valence-corrected chi connectivity index (χ3v) is 5.97. The van der Waals surface area contributed by atoms with Gasteiger partial charge in [-0.1, -0.05) is 41.9 Å². The molecule has 154 valence electrons. The van der Waals surface area contributed by atoms with E-state index in [0.29, 0.717) is 18.4 Å². The van der Waals surface area contributed by atoms with Crippen molar-refractivity contribution in [3.05, 3.63) is 40.9 Å². The summed E-state index contributed by atoms with van der Waals surface area (Å²) in [5.74, 6) is 0.312. The van der Waals surface area contributed by atoms with Crippen molar-refractivity contribution in [2.75, 3.05) is 53.0 Å². The minimum Gasteiger partial charge on any atom is -0.469 e. The predicted molar refractivity (Wildman–Crippen MR) is 112 cm³/mol. The lowest BCUT2D eigenvalue weighted by molar-refractivity contribution is -0.141. The van der Waals surface area contributed by atoms with E-state index in [4.69, 9.17) is 21.1 Å². The molecule has 3 rings (SSSR count). The van der Waals surface area contributed by atoms with Crippen LogP contribution in [-0.2, 0) is 14.3 Å². The Morgan fingerprint density at radius 1 is 1.25 bits per heavy atom. The fraction of sp³-hybridized carbons (Fsp3) is 0.591. The maximum absolute atomic E-state index is 11.7. The van der Waals surface area contributed by atoms with Crippen LogP contribution in [0.1, 0.15) is 24.8 Å². The van der Waals surface area contributed by atoms with E-state index in [1.165, 1.54) is 7.11 Å². The van der Waals surface area contributed by atoms with Crippen molar-refractivity contribution in [1.82, 2.24) is 9.80 Å². The molecule has 0 radical (unpaired) electrons. The molecule has 5 nitrogen and oxygen atoms in total. The number of methoxy groups -OCH3 is 1. The Hall–Kier alpha value is -1.40. The highest BCUT2D eigenvalue weighted by molar-refractivity contribution is 6.31. The van der Waals surface area contributed by atoms with Gasteiger partial charge in [-0.2, -0.15) is 0 Å². The van der Waals surface area contributed by atoms with E-state index in [1.54, 1.807) is 0 Å². The molecule has 0 N–H and O–H groups in total. The molecule has 28 heavy (non-hydrogen) atoms. The number of hydrogen-bond donors (Lipinski definition) is 0. The number of benzene rings is 1. The summed E-state index contributed by atoms with van der Waals surface area (Å²) in [5, 5.41) is 0.850. The van der Waals surface area contributed by atoms with Gasteiger partial charge >= 0.3 is 5.97 Å². The van der Waals surface area contributed by atoms with E-state index in [-0.39, 0.29) is 5.97 Å². The number of likely N-dealkylation sites (tertiary alicyclic amines) is 1. The van der Waals surface area contributed by atoms with E-state index in [1.807, 2.05) is 24.3 Å². The minimum atomic E-state index is -0.125. The van der Waals surface area contributed by atoms with Crippen molar-refractivity contribution in [2.45, 2.75) is 25.3 Å². The van der Waals surface area contributed by atoms with Gasteiger partial charge in [0.1, 0.15) is 0 Å². The molecule has 2 aliphatic heterocycles. The van der Waals surface area contributed by atoms with Crippen molar-refractivity contribution in [3.63, 3.8) is 0 Å². The number of piperidine rings is 1. The van der Waals surface area contributed by atoms with E-state index < -0.39 is 0 Å². The van der Waals surface area contributed by atoms with Crippen LogP contribution in [0.4, 0.5) is 0 Å². The average Bonchev–Trinajstić information content (AvgIpc) is 2.73. The molecular weight excluding hydrogens is 376 g/mol. The van der Waals surface area contributed by atoms with Gasteiger partial charge < -0.3 is 9.47 Å². The van der Waals surface area contributed by atoms with Crippen LogP contribution in [0, 0.1) is 5.92 Å². The highest BCUT2D eigenvalue weighted by Gasteiger charge is 2.34. The van der Waals surface area contributed by atoms with Gasteiger partial charge in [-0.25, -0.2) is 0 Å². The summed E-state index contributed by atoms with van der Waals surface area (Å²) >= 11 is 6.55. The van der Waals surface area contributed by atoms with Crippen LogP contribution >= 0.6 is 11.6 Å². The van der Waals surface area contributed by atoms with Crippen LogP contribution in [0.3, 0.4) is 0 Å². The molecular formula is C22H31ClN2O3. The summed E-state index contributed by atoms with van der Waals surface area (Å²) in [4.78, 5) is 16.7. The topological polar surface area (TPSA) is 42.0 Å². The number of halogens is 1. The van der Waals surface area contributed by atoms with Gasteiger partial charge in [-0.15, -0.1) is 0 Å². The predicted octanol–water partition coefficient (Wildman–Crippen LogP) is 3.24. The van der Waals surface area contributed by atoms with E-state index in [2.05, 4.69) is 21.9 Å². The molecule has 2 aliphatic rings. The summed E-state index contributed by atoms with van der Waals surface area (Å²) < 4.78 is 10.4. The van der Waals surface area contributed by atoms with Crippen LogP contribution in [0.25, 0.3) is 6.08 Å². The van der Waals surface area contributed by atoms with Crippen LogP contribution in [0.15, 0.2) is 35.4 Å². The van der Waals surface area contributed by atoms with Gasteiger partial charge in [0.25, 0.3) is 0 Å². The lowest BCUT2D eigenvalue weighted by Gasteiger charge is -2.45. The smallest absolute Gasteiger partial charge is 0.305 e. The molecule has 2 atom stereocenters. The number of esters is 1. The normalized spacial score (nSPS) is 24.9. The second kappa shape index (κ2) is 11.0. The zero-order valence-corrected chi connectivity index (χ0v) is 17.4. The van der Waals surface area contributed by atoms with Gasteiger partial charge in [0.15, 0.2) is 0 Å². The van der Waals surface area contributed by atoms with E-state index >= 15 is 0 Å². The SMILES string of the molecule is COC(=O)CC[C@H]1CN(C/C(Cl)=C/c2ccccc2)CC[C@H]1N1CCOCC1. The first-order chi connectivity index (χ1) is 13.7. The Labute approximate surface area is 173 Å². The largest absolute Gasteiger partial charge is 0.469 e. The fourth-order valence-electron chi connectivity index (χ4n) is 4.31. The second-order valence-corrected chi connectivity index (χ2v) is 8.10. The molecule has 2 saturated heterocycles. The minimum absolute atomic E-state index is 0.125. The van der Waals surface area contributed by atoms with Gasteiger partial charge in [-0.3, -0.25) is 14.6 Å². The van der Waals surface area contributed by atoms with E-state index in [9.17, 15) is 4.79 Å². The van der Waals surface area contributed by atoms with Crippen LogP contribution in [0.2, 0.25) is 0 Å². The summed E-state index contributed by atoms with van der Waals surface area (Å²) in [7, 11) is 1.46. The third-order valence-electron chi connectivity index (χ3n) is 5.74. The van der Waals surface area contributed by atoms with Gasteiger partial charge in [-0.05, 0) is 30.4 Å². The molecule has 0 amide bonds. The lowest BCUT2D eigenvalue weighted by atomic mass is 9.86. The molecule has 0 spiro atoms. The fourth-order valence-corrected chi connectivity index (χ4v) is 4.60. The van der Waals surface area contributed by atoms with Gasteiger partial charge in [0.2, 0.25) is 0 Å². The molecule has 0 aliphatic carbocycles. The van der Waals surface area contributed by atoms with Crippen molar-refractivity contribution < 1.29 is 14.3 Å².